The molecule has 0 saturated heterocycles. The van der Waals surface area contributed by atoms with Crippen LogP contribution in [0.25, 0.3) is 0 Å². The first-order valence-electron chi connectivity index (χ1n) is 9.42. The average Bonchev–Trinajstić information content (AvgIpc) is 3.10. The number of hydrogen-bond donors (Lipinski definition) is 0. The van der Waals surface area contributed by atoms with Gasteiger partial charge in [-0.05, 0) is 41.8 Å². The number of benzene rings is 2. The van der Waals surface area contributed by atoms with Crippen LogP contribution in [0.15, 0.2) is 66.9 Å². The fraction of sp³-hybridized carbons (Fsp3) is 0.273. The van der Waals surface area contributed by atoms with Crippen LogP contribution in [0.2, 0.25) is 0 Å². The maximum Gasteiger partial charge on any atom is 0.269 e. The maximum absolute atomic E-state index is 10.9. The summed E-state index contributed by atoms with van der Waals surface area (Å²) in [6.45, 7) is 2.68. The Kier molecular flexibility index (Phi) is 5.12. The molecule has 1 atom stereocenters. The molecule has 28 heavy (non-hydrogen) atoms. The molecule has 1 unspecified atom stereocenters. The predicted octanol–water partition coefficient (Wildman–Crippen LogP) is 4.40. The molecular formula is C22H23N3O3. The summed E-state index contributed by atoms with van der Waals surface area (Å²) in [5.41, 5.74) is 3.68. The van der Waals surface area contributed by atoms with Gasteiger partial charge in [-0.25, -0.2) is 0 Å². The van der Waals surface area contributed by atoms with Crippen LogP contribution in [0, 0.1) is 10.1 Å². The number of non-ortho nitro benzene ring substituents is 1. The third-order valence-electron chi connectivity index (χ3n) is 5.32. The van der Waals surface area contributed by atoms with Gasteiger partial charge in [0.1, 0.15) is 5.75 Å². The second kappa shape index (κ2) is 7.86. The van der Waals surface area contributed by atoms with E-state index in [9.17, 15) is 10.1 Å². The van der Waals surface area contributed by atoms with Crippen molar-refractivity contribution in [1.82, 2.24) is 9.47 Å². The van der Waals surface area contributed by atoms with Gasteiger partial charge in [0.25, 0.3) is 5.69 Å². The molecule has 4 rings (SSSR count). The summed E-state index contributed by atoms with van der Waals surface area (Å²) in [6.07, 6.45) is 3.20. The van der Waals surface area contributed by atoms with Crippen molar-refractivity contribution in [2.24, 2.45) is 0 Å². The number of ether oxygens (including phenoxy) is 1. The molecule has 1 aromatic heterocycles. The summed E-state index contributed by atoms with van der Waals surface area (Å²) >= 11 is 0. The molecule has 6 heteroatoms. The minimum atomic E-state index is -0.358. The van der Waals surface area contributed by atoms with Gasteiger partial charge in [-0.3, -0.25) is 15.0 Å². The maximum atomic E-state index is 10.9. The molecule has 0 saturated carbocycles. The SMILES string of the molecule is COc1ccc(C2c3cccn3CCCN2Cc2ccc([N+](=O)[O-])cc2)cc1. The van der Waals surface area contributed by atoms with Crippen LogP contribution < -0.4 is 4.74 Å². The fourth-order valence-electron chi connectivity index (χ4n) is 3.94. The Balaban J connectivity index is 1.67. The standard InChI is InChI=1S/C22H23N3O3/c1-28-20-11-7-18(8-12-20)22-21-4-2-13-23(21)14-3-15-24(22)16-17-5-9-19(10-6-17)25(26)27/h2,4-13,22H,3,14-16H2,1H3. The van der Waals surface area contributed by atoms with Crippen molar-refractivity contribution in [1.29, 1.82) is 0 Å². The molecule has 0 spiro atoms. The number of methoxy groups -OCH3 is 1. The third kappa shape index (κ3) is 3.64. The zero-order valence-electron chi connectivity index (χ0n) is 15.8. The lowest BCUT2D eigenvalue weighted by Gasteiger charge is -2.30. The fourth-order valence-corrected chi connectivity index (χ4v) is 3.94. The molecule has 0 fully saturated rings. The Morgan fingerprint density at radius 1 is 1.07 bits per heavy atom. The molecule has 3 aromatic rings. The second-order valence-electron chi connectivity index (χ2n) is 7.05. The molecule has 1 aliphatic rings. The largest absolute Gasteiger partial charge is 0.497 e. The lowest BCUT2D eigenvalue weighted by molar-refractivity contribution is -0.384. The van der Waals surface area contributed by atoms with Gasteiger partial charge in [-0.15, -0.1) is 0 Å². The summed E-state index contributed by atoms with van der Waals surface area (Å²) in [4.78, 5) is 13.0. The van der Waals surface area contributed by atoms with E-state index in [2.05, 4.69) is 39.9 Å². The van der Waals surface area contributed by atoms with Gasteiger partial charge in [0, 0.05) is 43.7 Å². The van der Waals surface area contributed by atoms with E-state index in [1.54, 1.807) is 19.2 Å². The Hall–Kier alpha value is -3.12. The van der Waals surface area contributed by atoms with Crippen LogP contribution in [0.1, 0.15) is 29.3 Å². The zero-order valence-corrected chi connectivity index (χ0v) is 15.8. The first-order chi connectivity index (χ1) is 13.7. The van der Waals surface area contributed by atoms with Gasteiger partial charge in [0.15, 0.2) is 0 Å². The Bertz CT molecular complexity index is 948. The van der Waals surface area contributed by atoms with Crippen molar-refractivity contribution in [3.63, 3.8) is 0 Å². The number of fused-ring (bicyclic) bond motifs is 1. The van der Waals surface area contributed by atoms with E-state index in [1.165, 1.54) is 11.3 Å². The van der Waals surface area contributed by atoms with Crippen LogP contribution in [0.3, 0.4) is 0 Å². The number of hydrogen-bond acceptors (Lipinski definition) is 4. The number of aromatic nitrogens is 1. The Labute approximate surface area is 164 Å². The molecule has 1 aliphatic heterocycles. The normalized spacial score (nSPS) is 17.0. The van der Waals surface area contributed by atoms with Gasteiger partial charge in [0.2, 0.25) is 0 Å². The third-order valence-corrected chi connectivity index (χ3v) is 5.32. The summed E-state index contributed by atoms with van der Waals surface area (Å²) in [5, 5.41) is 10.9. The van der Waals surface area contributed by atoms with Gasteiger partial charge < -0.3 is 9.30 Å². The van der Waals surface area contributed by atoms with Crippen molar-refractivity contribution in [3.05, 3.63) is 93.8 Å². The van der Waals surface area contributed by atoms with Crippen LogP contribution in [-0.2, 0) is 13.1 Å². The van der Waals surface area contributed by atoms with Crippen LogP contribution >= 0.6 is 0 Å². The smallest absolute Gasteiger partial charge is 0.269 e. The second-order valence-corrected chi connectivity index (χ2v) is 7.05. The van der Waals surface area contributed by atoms with E-state index in [-0.39, 0.29) is 16.7 Å². The Morgan fingerprint density at radius 2 is 1.82 bits per heavy atom. The topological polar surface area (TPSA) is 60.5 Å². The molecule has 6 nitrogen and oxygen atoms in total. The predicted molar refractivity (Wildman–Crippen MR) is 107 cm³/mol. The quantitative estimate of drug-likeness (QED) is 0.488. The average molecular weight is 377 g/mol. The van der Waals surface area contributed by atoms with Crippen molar-refractivity contribution >= 4 is 5.69 Å². The molecule has 144 valence electrons. The van der Waals surface area contributed by atoms with Crippen molar-refractivity contribution in [2.75, 3.05) is 13.7 Å². The molecule has 0 N–H and O–H groups in total. The van der Waals surface area contributed by atoms with Gasteiger partial charge in [-0.2, -0.15) is 0 Å². The van der Waals surface area contributed by atoms with E-state index < -0.39 is 0 Å². The number of aryl methyl sites for hydroxylation is 1. The summed E-state index contributed by atoms with van der Waals surface area (Å²) in [5.74, 6) is 0.842. The van der Waals surface area contributed by atoms with Crippen LogP contribution in [0.4, 0.5) is 5.69 Å². The highest BCUT2D eigenvalue weighted by molar-refractivity contribution is 5.36. The van der Waals surface area contributed by atoms with Gasteiger partial charge in [-0.1, -0.05) is 24.3 Å². The number of rotatable bonds is 5. The van der Waals surface area contributed by atoms with E-state index in [4.69, 9.17) is 4.74 Å². The summed E-state index contributed by atoms with van der Waals surface area (Å²) in [6, 6.07) is 19.5. The lowest BCUT2D eigenvalue weighted by Crippen LogP contribution is -2.29. The molecule has 0 bridgehead atoms. The lowest BCUT2D eigenvalue weighted by atomic mass is 10.0. The number of nitro groups is 1. The van der Waals surface area contributed by atoms with E-state index in [1.807, 2.05) is 24.3 Å². The summed E-state index contributed by atoms with van der Waals surface area (Å²) in [7, 11) is 1.67. The molecule has 2 aromatic carbocycles. The Morgan fingerprint density at radius 3 is 2.50 bits per heavy atom. The molecular weight excluding hydrogens is 354 g/mol. The van der Waals surface area contributed by atoms with Crippen LogP contribution in [-0.4, -0.2) is 28.0 Å². The minimum absolute atomic E-state index is 0.124. The highest BCUT2D eigenvalue weighted by Gasteiger charge is 2.27. The van der Waals surface area contributed by atoms with E-state index >= 15 is 0 Å². The molecule has 0 aliphatic carbocycles. The number of nitro benzene ring substituents is 1. The first kappa shape index (κ1) is 18.3. The minimum Gasteiger partial charge on any atom is -0.497 e. The zero-order chi connectivity index (χ0) is 19.5. The van der Waals surface area contributed by atoms with Gasteiger partial charge in [0.05, 0.1) is 18.1 Å². The van der Waals surface area contributed by atoms with Crippen LogP contribution in [0.5, 0.6) is 5.75 Å². The van der Waals surface area contributed by atoms with E-state index in [0.29, 0.717) is 0 Å². The highest BCUT2D eigenvalue weighted by atomic mass is 16.6. The number of nitrogens with zero attached hydrogens (tertiary/aromatic N) is 3. The van der Waals surface area contributed by atoms with Crippen molar-refractivity contribution in [3.8, 4) is 5.75 Å². The highest BCUT2D eigenvalue weighted by Crippen LogP contribution is 2.34. The van der Waals surface area contributed by atoms with Crippen molar-refractivity contribution in [2.45, 2.75) is 25.6 Å². The molecule has 0 radical (unpaired) electrons. The molecule has 2 heterocycles. The van der Waals surface area contributed by atoms with Crippen molar-refractivity contribution < 1.29 is 9.66 Å². The first-order valence-corrected chi connectivity index (χ1v) is 9.42. The van der Waals surface area contributed by atoms with Gasteiger partial charge >= 0.3 is 0 Å². The van der Waals surface area contributed by atoms with E-state index in [0.717, 1.165) is 37.4 Å². The molecule has 0 amide bonds. The summed E-state index contributed by atoms with van der Waals surface area (Å²) < 4.78 is 7.64. The monoisotopic (exact) mass is 377 g/mol.